The van der Waals surface area contributed by atoms with Crippen molar-refractivity contribution in [3.8, 4) is 0 Å². The van der Waals surface area contributed by atoms with Gasteiger partial charge < -0.3 is 20.8 Å². The van der Waals surface area contributed by atoms with E-state index in [4.69, 9.17) is 10.2 Å². The molecule has 2 atom stereocenters. The van der Waals surface area contributed by atoms with E-state index in [-0.39, 0.29) is 18.0 Å². The SMILES string of the molecule is CC1(C)CCCC(NC(=O)NC[C@H](O)C(=O)O)C1. The van der Waals surface area contributed by atoms with Gasteiger partial charge in [0.2, 0.25) is 0 Å². The molecule has 0 bridgehead atoms. The van der Waals surface area contributed by atoms with Crippen molar-refractivity contribution in [1.82, 2.24) is 10.6 Å². The number of amides is 2. The second-order valence-corrected chi connectivity index (χ2v) is 5.67. The highest BCUT2D eigenvalue weighted by molar-refractivity contribution is 5.76. The lowest BCUT2D eigenvalue weighted by Gasteiger charge is -2.35. The molecule has 0 aromatic rings. The number of aliphatic hydroxyl groups excluding tert-OH is 1. The summed E-state index contributed by atoms with van der Waals surface area (Å²) < 4.78 is 0. The van der Waals surface area contributed by atoms with Crippen molar-refractivity contribution in [3.05, 3.63) is 0 Å². The van der Waals surface area contributed by atoms with Crippen molar-refractivity contribution in [2.75, 3.05) is 6.54 Å². The first kappa shape index (κ1) is 14.8. The van der Waals surface area contributed by atoms with E-state index in [0.717, 1.165) is 25.7 Å². The molecule has 0 spiro atoms. The van der Waals surface area contributed by atoms with Crippen LogP contribution in [0.4, 0.5) is 4.79 Å². The van der Waals surface area contributed by atoms with Crippen LogP contribution in [0, 0.1) is 5.41 Å². The quantitative estimate of drug-likeness (QED) is 0.596. The Morgan fingerprint density at radius 1 is 1.44 bits per heavy atom. The zero-order valence-corrected chi connectivity index (χ0v) is 10.9. The molecular formula is C12H22N2O4. The minimum absolute atomic E-state index is 0.121. The van der Waals surface area contributed by atoms with Crippen molar-refractivity contribution >= 4 is 12.0 Å². The number of urea groups is 1. The van der Waals surface area contributed by atoms with Crippen LogP contribution in [0.25, 0.3) is 0 Å². The van der Waals surface area contributed by atoms with Gasteiger partial charge in [0.1, 0.15) is 0 Å². The third-order valence-electron chi connectivity index (χ3n) is 3.28. The zero-order valence-electron chi connectivity index (χ0n) is 10.9. The fraction of sp³-hybridized carbons (Fsp3) is 0.833. The molecule has 1 saturated carbocycles. The van der Waals surface area contributed by atoms with Gasteiger partial charge in [-0.3, -0.25) is 0 Å². The molecule has 1 fully saturated rings. The summed E-state index contributed by atoms with van der Waals surface area (Å²) in [5.74, 6) is -1.34. The number of carboxylic acid groups (broad SMARTS) is 1. The maximum absolute atomic E-state index is 11.5. The number of aliphatic hydroxyl groups is 1. The third-order valence-corrected chi connectivity index (χ3v) is 3.28. The van der Waals surface area contributed by atoms with Crippen LogP contribution >= 0.6 is 0 Å². The van der Waals surface area contributed by atoms with E-state index in [2.05, 4.69) is 24.5 Å². The second kappa shape index (κ2) is 6.04. The minimum atomic E-state index is -1.56. The van der Waals surface area contributed by atoms with Gasteiger partial charge in [-0.15, -0.1) is 0 Å². The van der Waals surface area contributed by atoms with Crippen molar-refractivity contribution in [2.24, 2.45) is 5.41 Å². The number of hydrogen-bond donors (Lipinski definition) is 4. The molecular weight excluding hydrogens is 236 g/mol. The number of carbonyl (C=O) groups is 2. The molecule has 1 aliphatic carbocycles. The van der Waals surface area contributed by atoms with Crippen LogP contribution in [0.3, 0.4) is 0 Å². The highest BCUT2D eigenvalue weighted by Gasteiger charge is 2.28. The van der Waals surface area contributed by atoms with Gasteiger partial charge >= 0.3 is 12.0 Å². The standard InChI is InChI=1S/C12H22N2O4/c1-12(2)5-3-4-8(6-12)14-11(18)13-7-9(15)10(16)17/h8-9,15H,3-7H2,1-2H3,(H,16,17)(H2,13,14,18)/t8?,9-/m0/s1. The molecule has 104 valence electrons. The number of hydrogen-bond acceptors (Lipinski definition) is 3. The molecule has 6 nitrogen and oxygen atoms in total. The molecule has 0 radical (unpaired) electrons. The molecule has 0 aromatic carbocycles. The highest BCUT2D eigenvalue weighted by Crippen LogP contribution is 2.34. The first-order valence-corrected chi connectivity index (χ1v) is 6.25. The summed E-state index contributed by atoms with van der Waals surface area (Å²) in [6.45, 7) is 4.07. The summed E-state index contributed by atoms with van der Waals surface area (Å²) in [7, 11) is 0. The summed E-state index contributed by atoms with van der Waals surface area (Å²) >= 11 is 0. The third kappa shape index (κ3) is 4.91. The van der Waals surface area contributed by atoms with Gasteiger partial charge in [-0.1, -0.05) is 20.3 Å². The smallest absolute Gasteiger partial charge is 0.334 e. The van der Waals surface area contributed by atoms with Crippen LogP contribution in [0.2, 0.25) is 0 Å². The number of aliphatic carboxylic acids is 1. The Labute approximate surface area is 107 Å². The number of rotatable bonds is 4. The molecule has 1 aliphatic rings. The van der Waals surface area contributed by atoms with Gasteiger partial charge in [-0.2, -0.15) is 0 Å². The number of nitrogens with one attached hydrogen (secondary N) is 2. The van der Waals surface area contributed by atoms with E-state index < -0.39 is 18.1 Å². The Morgan fingerprint density at radius 3 is 2.67 bits per heavy atom. The Bertz CT molecular complexity index is 317. The summed E-state index contributed by atoms with van der Waals surface area (Å²) in [4.78, 5) is 21.9. The van der Waals surface area contributed by atoms with Crippen molar-refractivity contribution in [1.29, 1.82) is 0 Å². The Hall–Kier alpha value is -1.30. The summed E-state index contributed by atoms with van der Waals surface area (Å²) in [6.07, 6.45) is 2.54. The second-order valence-electron chi connectivity index (χ2n) is 5.67. The van der Waals surface area contributed by atoms with Crippen molar-refractivity contribution in [2.45, 2.75) is 51.7 Å². The van der Waals surface area contributed by atoms with Gasteiger partial charge in [0.25, 0.3) is 0 Å². The summed E-state index contributed by atoms with van der Waals surface area (Å²) in [5.41, 5.74) is 0.233. The van der Waals surface area contributed by atoms with Crippen molar-refractivity contribution < 1.29 is 19.8 Å². The zero-order chi connectivity index (χ0) is 13.8. The van der Waals surface area contributed by atoms with E-state index in [1.807, 2.05) is 0 Å². The Kier molecular flexibility index (Phi) is 4.95. The molecule has 0 heterocycles. The van der Waals surface area contributed by atoms with E-state index in [1.165, 1.54) is 0 Å². The molecule has 0 saturated heterocycles. The van der Waals surface area contributed by atoms with Gasteiger partial charge in [0.15, 0.2) is 6.10 Å². The van der Waals surface area contributed by atoms with Gasteiger partial charge in [-0.05, 0) is 24.7 Å². The molecule has 6 heteroatoms. The maximum atomic E-state index is 11.5. The minimum Gasteiger partial charge on any atom is -0.479 e. The van der Waals surface area contributed by atoms with Gasteiger partial charge in [-0.25, -0.2) is 9.59 Å². The normalized spacial score (nSPS) is 24.1. The fourth-order valence-corrected chi connectivity index (χ4v) is 2.33. The molecule has 1 unspecified atom stereocenters. The van der Waals surface area contributed by atoms with E-state index in [0.29, 0.717) is 0 Å². The maximum Gasteiger partial charge on any atom is 0.334 e. The molecule has 4 N–H and O–H groups in total. The molecule has 0 aromatic heterocycles. The van der Waals surface area contributed by atoms with Crippen LogP contribution in [0.1, 0.15) is 39.5 Å². The topological polar surface area (TPSA) is 98.7 Å². The first-order chi connectivity index (χ1) is 8.30. The number of carbonyl (C=O) groups excluding carboxylic acids is 1. The van der Waals surface area contributed by atoms with Crippen LogP contribution in [-0.4, -0.2) is 40.9 Å². The Morgan fingerprint density at radius 2 is 2.11 bits per heavy atom. The lowest BCUT2D eigenvalue weighted by Crippen LogP contribution is -2.47. The fourth-order valence-electron chi connectivity index (χ4n) is 2.33. The molecule has 2 amide bonds. The van der Waals surface area contributed by atoms with E-state index in [9.17, 15) is 9.59 Å². The monoisotopic (exact) mass is 258 g/mol. The molecule has 18 heavy (non-hydrogen) atoms. The van der Waals surface area contributed by atoms with Gasteiger partial charge in [0.05, 0.1) is 6.54 Å². The molecule has 1 rings (SSSR count). The van der Waals surface area contributed by atoms with E-state index >= 15 is 0 Å². The molecule has 0 aliphatic heterocycles. The predicted molar refractivity (Wildman–Crippen MR) is 66.2 cm³/mol. The lowest BCUT2D eigenvalue weighted by atomic mass is 9.75. The van der Waals surface area contributed by atoms with E-state index in [1.54, 1.807) is 0 Å². The van der Waals surface area contributed by atoms with Crippen LogP contribution in [-0.2, 0) is 4.79 Å². The van der Waals surface area contributed by atoms with Gasteiger partial charge in [0, 0.05) is 6.04 Å². The predicted octanol–water partition coefficient (Wildman–Crippen LogP) is 0.700. The highest BCUT2D eigenvalue weighted by atomic mass is 16.4. The summed E-state index contributed by atoms with van der Waals surface area (Å²) in [5, 5.41) is 22.7. The van der Waals surface area contributed by atoms with Crippen LogP contribution < -0.4 is 10.6 Å². The van der Waals surface area contributed by atoms with Crippen LogP contribution in [0.5, 0.6) is 0 Å². The number of carboxylic acids is 1. The average molecular weight is 258 g/mol. The first-order valence-electron chi connectivity index (χ1n) is 6.25. The Balaban J connectivity index is 2.30. The average Bonchev–Trinajstić information content (AvgIpc) is 2.24. The largest absolute Gasteiger partial charge is 0.479 e. The van der Waals surface area contributed by atoms with Crippen molar-refractivity contribution in [3.63, 3.8) is 0 Å². The lowest BCUT2D eigenvalue weighted by molar-refractivity contribution is -0.146. The summed E-state index contributed by atoms with van der Waals surface area (Å²) in [6, 6.07) is -0.297. The van der Waals surface area contributed by atoms with Crippen LogP contribution in [0.15, 0.2) is 0 Å².